The van der Waals surface area contributed by atoms with Gasteiger partial charge >= 0.3 is 6.18 Å². The highest BCUT2D eigenvalue weighted by Crippen LogP contribution is 2.56. The van der Waals surface area contributed by atoms with Crippen LogP contribution in [-0.4, -0.2) is 11.3 Å². The molecule has 0 aliphatic heterocycles. The van der Waals surface area contributed by atoms with Crippen LogP contribution in [0.5, 0.6) is 0 Å². The molecule has 1 nitrogen and oxygen atoms in total. The van der Waals surface area contributed by atoms with Crippen molar-refractivity contribution >= 4 is 11.6 Å². The van der Waals surface area contributed by atoms with Gasteiger partial charge in [-0.3, -0.25) is 0 Å². The molecule has 0 spiro atoms. The molecular weight excluding hydrogens is 289 g/mol. The van der Waals surface area contributed by atoms with E-state index in [1.165, 1.54) is 18.2 Å². The van der Waals surface area contributed by atoms with E-state index in [0.717, 1.165) is 0 Å². The number of alkyl halides is 3. The molecule has 1 aliphatic carbocycles. The lowest BCUT2D eigenvalue weighted by Gasteiger charge is -2.28. The molecule has 0 heterocycles. The van der Waals surface area contributed by atoms with Gasteiger partial charge in [-0.1, -0.05) is 41.9 Å². The normalized spacial score (nSPS) is 20.7. The van der Waals surface area contributed by atoms with E-state index in [2.05, 4.69) is 0 Å². The second kappa shape index (κ2) is 3.99. The van der Waals surface area contributed by atoms with Crippen LogP contribution in [0.25, 0.3) is 11.1 Å². The number of hydrogen-bond donors (Lipinski definition) is 1. The Hall–Kier alpha value is -1.52. The fourth-order valence-electron chi connectivity index (χ4n) is 2.77. The van der Waals surface area contributed by atoms with Crippen LogP contribution in [0.1, 0.15) is 16.7 Å². The van der Waals surface area contributed by atoms with Crippen molar-refractivity contribution in [3.63, 3.8) is 0 Å². The molecule has 20 heavy (non-hydrogen) atoms. The molecule has 2 aromatic carbocycles. The van der Waals surface area contributed by atoms with Gasteiger partial charge < -0.3 is 5.11 Å². The summed E-state index contributed by atoms with van der Waals surface area (Å²) in [4.78, 5) is 0. The Bertz CT molecular complexity index is 709. The summed E-state index contributed by atoms with van der Waals surface area (Å²) in [7, 11) is 0. The smallest absolute Gasteiger partial charge is 0.372 e. The van der Waals surface area contributed by atoms with Gasteiger partial charge in [0, 0.05) is 21.7 Å². The van der Waals surface area contributed by atoms with Gasteiger partial charge in [0.15, 0.2) is 0 Å². The number of rotatable bonds is 0. The number of aryl methyl sites for hydroxylation is 1. The zero-order valence-electron chi connectivity index (χ0n) is 10.4. The van der Waals surface area contributed by atoms with Gasteiger partial charge in [0.25, 0.3) is 0 Å². The first-order chi connectivity index (χ1) is 9.26. The quantitative estimate of drug-likeness (QED) is 0.763. The van der Waals surface area contributed by atoms with Gasteiger partial charge in [0.2, 0.25) is 5.60 Å². The Morgan fingerprint density at radius 3 is 2.40 bits per heavy atom. The lowest BCUT2D eigenvalue weighted by atomic mass is 9.90. The highest BCUT2D eigenvalue weighted by Gasteiger charge is 2.61. The molecule has 0 saturated heterocycles. The number of aliphatic hydroxyl groups is 1. The van der Waals surface area contributed by atoms with Crippen LogP contribution in [0.4, 0.5) is 13.2 Å². The van der Waals surface area contributed by atoms with E-state index < -0.39 is 11.8 Å². The van der Waals surface area contributed by atoms with Crippen LogP contribution in [0.15, 0.2) is 36.4 Å². The van der Waals surface area contributed by atoms with E-state index in [1.807, 2.05) is 0 Å². The summed E-state index contributed by atoms with van der Waals surface area (Å²) in [5, 5.41) is 10.6. The van der Waals surface area contributed by atoms with E-state index in [4.69, 9.17) is 11.6 Å². The minimum absolute atomic E-state index is 0.171. The zero-order chi connectivity index (χ0) is 14.7. The first kappa shape index (κ1) is 13.5. The summed E-state index contributed by atoms with van der Waals surface area (Å²) >= 11 is 6.10. The summed E-state index contributed by atoms with van der Waals surface area (Å²) in [5.74, 6) is 0. The molecule has 2 aromatic rings. The lowest BCUT2D eigenvalue weighted by Crippen LogP contribution is -2.41. The Labute approximate surface area is 118 Å². The largest absolute Gasteiger partial charge is 0.425 e. The number of fused-ring (bicyclic) bond motifs is 3. The molecule has 0 aromatic heterocycles. The molecule has 1 aliphatic rings. The second-order valence-electron chi connectivity index (χ2n) is 4.92. The van der Waals surface area contributed by atoms with E-state index in [-0.39, 0.29) is 21.7 Å². The Kier molecular flexibility index (Phi) is 2.69. The molecule has 104 valence electrons. The summed E-state index contributed by atoms with van der Waals surface area (Å²) in [6.07, 6.45) is -4.81. The third-order valence-electron chi connectivity index (χ3n) is 3.62. The minimum Gasteiger partial charge on any atom is -0.372 e. The molecular formula is C15H10ClF3O. The van der Waals surface area contributed by atoms with Gasteiger partial charge in [0.1, 0.15) is 0 Å². The maximum atomic E-state index is 13.5. The maximum Gasteiger partial charge on any atom is 0.425 e. The highest BCUT2D eigenvalue weighted by molar-refractivity contribution is 6.34. The van der Waals surface area contributed by atoms with Crippen molar-refractivity contribution in [2.75, 3.05) is 0 Å². The Morgan fingerprint density at radius 2 is 1.75 bits per heavy atom. The van der Waals surface area contributed by atoms with E-state index in [1.54, 1.807) is 25.1 Å². The van der Waals surface area contributed by atoms with Gasteiger partial charge in [0.05, 0.1) is 0 Å². The number of hydrogen-bond acceptors (Lipinski definition) is 1. The number of halogens is 4. The summed E-state index contributed by atoms with van der Waals surface area (Å²) < 4.78 is 40.4. The molecule has 5 heteroatoms. The van der Waals surface area contributed by atoms with Crippen molar-refractivity contribution in [2.24, 2.45) is 0 Å². The van der Waals surface area contributed by atoms with E-state index in [9.17, 15) is 18.3 Å². The van der Waals surface area contributed by atoms with Crippen LogP contribution in [-0.2, 0) is 5.60 Å². The van der Waals surface area contributed by atoms with Crippen molar-refractivity contribution in [3.05, 3.63) is 58.1 Å². The van der Waals surface area contributed by atoms with Crippen LogP contribution in [0.3, 0.4) is 0 Å². The predicted molar refractivity (Wildman–Crippen MR) is 70.7 cm³/mol. The van der Waals surface area contributed by atoms with Crippen LogP contribution in [0, 0.1) is 6.92 Å². The van der Waals surface area contributed by atoms with Crippen LogP contribution in [0.2, 0.25) is 5.02 Å². The van der Waals surface area contributed by atoms with E-state index >= 15 is 0 Å². The topological polar surface area (TPSA) is 20.2 Å². The lowest BCUT2D eigenvalue weighted by molar-refractivity contribution is -0.246. The number of benzene rings is 2. The minimum atomic E-state index is -4.81. The molecule has 0 bridgehead atoms. The molecule has 0 fully saturated rings. The first-order valence-corrected chi connectivity index (χ1v) is 6.34. The maximum absolute atomic E-state index is 13.5. The highest BCUT2D eigenvalue weighted by atomic mass is 35.5. The van der Waals surface area contributed by atoms with Gasteiger partial charge in [-0.05, 0) is 24.1 Å². The van der Waals surface area contributed by atoms with Crippen LogP contribution < -0.4 is 0 Å². The first-order valence-electron chi connectivity index (χ1n) is 5.96. The molecule has 1 atom stereocenters. The second-order valence-corrected chi connectivity index (χ2v) is 5.33. The van der Waals surface area contributed by atoms with Gasteiger partial charge in [-0.2, -0.15) is 13.2 Å². The van der Waals surface area contributed by atoms with Crippen molar-refractivity contribution in [3.8, 4) is 11.1 Å². The fourth-order valence-corrected chi connectivity index (χ4v) is 3.14. The Balaban J connectivity index is 2.47. The Morgan fingerprint density at radius 1 is 1.10 bits per heavy atom. The van der Waals surface area contributed by atoms with Crippen molar-refractivity contribution in [2.45, 2.75) is 18.7 Å². The molecule has 0 saturated carbocycles. The molecule has 0 amide bonds. The van der Waals surface area contributed by atoms with Crippen molar-refractivity contribution in [1.29, 1.82) is 0 Å². The zero-order valence-corrected chi connectivity index (χ0v) is 11.2. The van der Waals surface area contributed by atoms with Gasteiger partial charge in [-0.25, -0.2) is 0 Å². The third kappa shape index (κ3) is 1.55. The van der Waals surface area contributed by atoms with Crippen LogP contribution >= 0.6 is 11.6 Å². The monoisotopic (exact) mass is 298 g/mol. The van der Waals surface area contributed by atoms with Gasteiger partial charge in [-0.15, -0.1) is 0 Å². The SMILES string of the molecule is Cc1cc(Cl)c2c(c1)[C@@](O)(C(F)(F)F)c1ccccc1-2. The standard InChI is InChI=1S/C15H10ClF3O/c1-8-6-11-13(12(16)7-8)9-4-2-3-5-10(9)14(11,20)15(17,18)19/h2-7,20H,1H3/t14-/m1/s1. The average molecular weight is 299 g/mol. The molecule has 0 radical (unpaired) electrons. The molecule has 1 N–H and O–H groups in total. The predicted octanol–water partition coefficient (Wildman–Crippen LogP) is 4.43. The molecule has 0 unspecified atom stereocenters. The van der Waals surface area contributed by atoms with E-state index in [0.29, 0.717) is 11.1 Å². The third-order valence-corrected chi connectivity index (χ3v) is 3.92. The average Bonchev–Trinajstić information content (AvgIpc) is 2.61. The van der Waals surface area contributed by atoms with Crippen molar-refractivity contribution < 1.29 is 18.3 Å². The fraction of sp³-hybridized carbons (Fsp3) is 0.200. The summed E-state index contributed by atoms with van der Waals surface area (Å²) in [6, 6.07) is 8.87. The summed E-state index contributed by atoms with van der Waals surface area (Å²) in [6.45, 7) is 1.64. The molecule has 3 rings (SSSR count). The summed E-state index contributed by atoms with van der Waals surface area (Å²) in [5.41, 5.74) is -2.22. The van der Waals surface area contributed by atoms with Crippen molar-refractivity contribution in [1.82, 2.24) is 0 Å².